The number of rotatable bonds is 3. The molecule has 0 aliphatic rings. The molecule has 20 heavy (non-hydrogen) atoms. The first-order valence-corrected chi connectivity index (χ1v) is 7.89. The monoisotopic (exact) mass is 398 g/mol. The summed E-state index contributed by atoms with van der Waals surface area (Å²) in [6, 6.07) is 9.58. The molecule has 1 atom stereocenters. The topological polar surface area (TPSA) is 29.5 Å². The lowest BCUT2D eigenvalue weighted by molar-refractivity contribution is 0.198. The van der Waals surface area contributed by atoms with Gasteiger partial charge in [0.1, 0.15) is 11.5 Å². The molecule has 0 aliphatic carbocycles. The average molecular weight is 400 g/mol. The number of benzene rings is 2. The molecule has 1 N–H and O–H groups in total. The highest BCUT2D eigenvalue weighted by atomic mass is 79.9. The molecule has 0 spiro atoms. The van der Waals surface area contributed by atoms with E-state index in [9.17, 15) is 5.11 Å². The van der Waals surface area contributed by atoms with E-state index in [4.69, 9.17) is 4.74 Å². The molecule has 0 radical (unpaired) electrons. The molecule has 0 saturated heterocycles. The summed E-state index contributed by atoms with van der Waals surface area (Å²) < 4.78 is 7.83. The zero-order chi connectivity index (χ0) is 14.9. The Balaban J connectivity index is 2.29. The molecule has 4 heteroatoms. The Hall–Kier alpha value is -0.840. The molecule has 106 valence electrons. The summed E-state index contributed by atoms with van der Waals surface area (Å²) in [6.07, 6.45) is -0.504. The van der Waals surface area contributed by atoms with Crippen molar-refractivity contribution in [3.8, 4) is 11.5 Å². The van der Waals surface area contributed by atoms with Crippen molar-refractivity contribution in [3.63, 3.8) is 0 Å². The molecule has 0 unspecified atom stereocenters. The van der Waals surface area contributed by atoms with Crippen molar-refractivity contribution < 1.29 is 9.84 Å². The Kier molecular flexibility index (Phi) is 4.89. The van der Waals surface area contributed by atoms with Gasteiger partial charge in [-0.15, -0.1) is 0 Å². The van der Waals surface area contributed by atoms with Crippen LogP contribution in [0.2, 0.25) is 0 Å². The van der Waals surface area contributed by atoms with Crippen LogP contribution < -0.4 is 4.74 Å². The third-order valence-electron chi connectivity index (χ3n) is 3.07. The van der Waals surface area contributed by atoms with E-state index in [0.29, 0.717) is 0 Å². The largest absolute Gasteiger partial charge is 0.457 e. The number of hydrogen-bond acceptors (Lipinski definition) is 2. The lowest BCUT2D eigenvalue weighted by Crippen LogP contribution is -1.94. The van der Waals surface area contributed by atoms with Crippen LogP contribution in [0, 0.1) is 13.8 Å². The van der Waals surface area contributed by atoms with Gasteiger partial charge in [0.15, 0.2) is 0 Å². The van der Waals surface area contributed by atoms with Crippen LogP contribution in [0.4, 0.5) is 0 Å². The summed E-state index contributed by atoms with van der Waals surface area (Å²) >= 11 is 7.00. The lowest BCUT2D eigenvalue weighted by Gasteiger charge is -2.12. The highest BCUT2D eigenvalue weighted by Gasteiger charge is 2.09. The number of aryl methyl sites for hydroxylation is 2. The van der Waals surface area contributed by atoms with Crippen LogP contribution in [0.25, 0.3) is 0 Å². The van der Waals surface area contributed by atoms with Gasteiger partial charge in [0.2, 0.25) is 0 Å². The normalized spacial score (nSPS) is 12.3. The lowest BCUT2D eigenvalue weighted by atomic mass is 10.1. The van der Waals surface area contributed by atoms with Gasteiger partial charge < -0.3 is 9.84 Å². The fraction of sp³-hybridized carbons (Fsp3) is 0.250. The predicted molar refractivity (Wildman–Crippen MR) is 88.5 cm³/mol. The van der Waals surface area contributed by atoms with Gasteiger partial charge in [0, 0.05) is 8.95 Å². The third kappa shape index (κ3) is 3.43. The number of ether oxygens (including phenoxy) is 1. The summed E-state index contributed by atoms with van der Waals surface area (Å²) in [5.41, 5.74) is 3.12. The van der Waals surface area contributed by atoms with Crippen LogP contribution in [0.3, 0.4) is 0 Å². The molecule has 2 aromatic rings. The molecule has 0 bridgehead atoms. The zero-order valence-electron chi connectivity index (χ0n) is 11.6. The maximum absolute atomic E-state index is 9.61. The highest BCUT2D eigenvalue weighted by Crippen LogP contribution is 2.32. The molecule has 0 aromatic heterocycles. The molecule has 0 fully saturated rings. The predicted octanol–water partition coefficient (Wildman–Crippen LogP) is 5.67. The van der Waals surface area contributed by atoms with Gasteiger partial charge in [-0.25, -0.2) is 0 Å². The summed E-state index contributed by atoms with van der Waals surface area (Å²) in [5.74, 6) is 1.54. The molecule has 0 saturated carbocycles. The minimum Gasteiger partial charge on any atom is -0.457 e. The first-order valence-electron chi connectivity index (χ1n) is 6.30. The van der Waals surface area contributed by atoms with E-state index >= 15 is 0 Å². The quantitative estimate of drug-likeness (QED) is 0.719. The second kappa shape index (κ2) is 6.29. The summed E-state index contributed by atoms with van der Waals surface area (Å²) in [5, 5.41) is 9.61. The molecular weight excluding hydrogens is 384 g/mol. The van der Waals surface area contributed by atoms with Gasteiger partial charge in [-0.2, -0.15) is 0 Å². The summed E-state index contributed by atoms with van der Waals surface area (Å²) in [4.78, 5) is 0. The van der Waals surface area contributed by atoms with Crippen molar-refractivity contribution in [2.24, 2.45) is 0 Å². The van der Waals surface area contributed by atoms with Crippen molar-refractivity contribution in [2.75, 3.05) is 0 Å². The highest BCUT2D eigenvalue weighted by molar-refractivity contribution is 9.10. The molecule has 2 nitrogen and oxygen atoms in total. The summed E-state index contributed by atoms with van der Waals surface area (Å²) in [7, 11) is 0. The second-order valence-electron chi connectivity index (χ2n) is 4.83. The van der Waals surface area contributed by atoms with Gasteiger partial charge >= 0.3 is 0 Å². The number of halogens is 2. The van der Waals surface area contributed by atoms with Crippen molar-refractivity contribution in [1.82, 2.24) is 0 Å². The smallest absolute Gasteiger partial charge is 0.128 e. The van der Waals surface area contributed by atoms with E-state index in [1.165, 1.54) is 0 Å². The maximum atomic E-state index is 9.61. The first-order chi connectivity index (χ1) is 9.38. The Labute approximate surface area is 136 Å². The van der Waals surface area contributed by atoms with Crippen LogP contribution in [0.1, 0.15) is 29.7 Å². The third-order valence-corrected chi connectivity index (χ3v) is 5.01. The SMILES string of the molecule is Cc1cc(Oc2ccc([C@@H](C)O)c(Br)c2)cc(C)c1Br. The molecular formula is C16H16Br2O2. The molecule has 0 amide bonds. The Bertz CT molecular complexity index is 613. The van der Waals surface area contributed by atoms with Gasteiger partial charge in [0.25, 0.3) is 0 Å². The van der Waals surface area contributed by atoms with E-state index in [-0.39, 0.29) is 0 Å². The summed E-state index contributed by atoms with van der Waals surface area (Å²) in [6.45, 7) is 5.81. The van der Waals surface area contributed by atoms with E-state index in [0.717, 1.165) is 37.1 Å². The fourth-order valence-corrected chi connectivity index (χ4v) is 2.93. The molecule has 2 rings (SSSR count). The van der Waals surface area contributed by atoms with E-state index in [1.807, 2.05) is 44.2 Å². The minimum atomic E-state index is -0.504. The average Bonchev–Trinajstić information content (AvgIpc) is 2.35. The van der Waals surface area contributed by atoms with Crippen LogP contribution in [-0.2, 0) is 0 Å². The van der Waals surface area contributed by atoms with E-state index < -0.39 is 6.10 Å². The molecule has 0 aliphatic heterocycles. The van der Waals surface area contributed by atoms with E-state index in [1.54, 1.807) is 6.92 Å². The van der Waals surface area contributed by atoms with Gasteiger partial charge in [0.05, 0.1) is 6.10 Å². The van der Waals surface area contributed by atoms with Gasteiger partial charge in [-0.3, -0.25) is 0 Å². The molecule has 0 heterocycles. The van der Waals surface area contributed by atoms with Crippen LogP contribution in [-0.4, -0.2) is 5.11 Å². The maximum Gasteiger partial charge on any atom is 0.128 e. The molecule has 2 aromatic carbocycles. The fourth-order valence-electron chi connectivity index (χ4n) is 2.01. The van der Waals surface area contributed by atoms with Crippen molar-refractivity contribution in [2.45, 2.75) is 26.9 Å². The van der Waals surface area contributed by atoms with Crippen molar-refractivity contribution in [3.05, 3.63) is 56.0 Å². The standard InChI is InChI=1S/C16H16Br2O2/c1-9-6-13(7-10(2)16(9)18)20-12-4-5-14(11(3)19)15(17)8-12/h4-8,11,19H,1-3H3/t11-/m1/s1. The second-order valence-corrected chi connectivity index (χ2v) is 6.48. The Morgan fingerprint density at radius 3 is 2.10 bits per heavy atom. The van der Waals surface area contributed by atoms with Crippen LogP contribution in [0.15, 0.2) is 39.3 Å². The minimum absolute atomic E-state index is 0.504. The van der Waals surface area contributed by atoms with Crippen molar-refractivity contribution in [1.29, 1.82) is 0 Å². The van der Waals surface area contributed by atoms with E-state index in [2.05, 4.69) is 31.9 Å². The number of aliphatic hydroxyl groups is 1. The van der Waals surface area contributed by atoms with Gasteiger partial charge in [-0.05, 0) is 61.7 Å². The Morgan fingerprint density at radius 2 is 1.60 bits per heavy atom. The van der Waals surface area contributed by atoms with Crippen LogP contribution in [0.5, 0.6) is 11.5 Å². The number of aliphatic hydroxyl groups excluding tert-OH is 1. The van der Waals surface area contributed by atoms with Crippen molar-refractivity contribution >= 4 is 31.9 Å². The first kappa shape index (κ1) is 15.5. The van der Waals surface area contributed by atoms with Crippen LogP contribution >= 0.6 is 31.9 Å². The Morgan fingerprint density at radius 1 is 1.00 bits per heavy atom. The zero-order valence-corrected chi connectivity index (χ0v) is 14.7. The number of hydrogen-bond donors (Lipinski definition) is 1. The van der Waals surface area contributed by atoms with Gasteiger partial charge in [-0.1, -0.05) is 37.9 Å².